The van der Waals surface area contributed by atoms with Crippen LogP contribution in [0.15, 0.2) is 4.79 Å². The second-order valence-electron chi connectivity index (χ2n) is 6.85. The molecule has 1 N–H and O–H groups in total. The van der Waals surface area contributed by atoms with Crippen LogP contribution in [0.1, 0.15) is 44.3 Å². The third-order valence-electron chi connectivity index (χ3n) is 5.12. The molecule has 1 amide bonds. The lowest BCUT2D eigenvalue weighted by molar-refractivity contribution is -0.131. The second-order valence-corrected chi connectivity index (χ2v) is 6.85. The van der Waals surface area contributed by atoms with E-state index in [1.165, 1.54) is 4.68 Å². The number of hydrogen-bond acceptors (Lipinski definition) is 4. The number of aromatic nitrogens is 3. The minimum Gasteiger partial charge on any atom is -0.393 e. The van der Waals surface area contributed by atoms with Crippen molar-refractivity contribution in [3.63, 3.8) is 0 Å². The number of aryl methyl sites for hydroxylation is 1. The molecule has 0 spiro atoms. The summed E-state index contributed by atoms with van der Waals surface area (Å²) in [5.74, 6) is 0.827. The molecule has 7 nitrogen and oxygen atoms in total. The van der Waals surface area contributed by atoms with Crippen LogP contribution in [-0.4, -0.2) is 50.0 Å². The van der Waals surface area contributed by atoms with E-state index in [4.69, 9.17) is 0 Å². The predicted octanol–water partition coefficient (Wildman–Crippen LogP) is 0.391. The molecule has 1 aliphatic heterocycles. The van der Waals surface area contributed by atoms with Crippen LogP contribution < -0.4 is 5.69 Å². The fourth-order valence-electron chi connectivity index (χ4n) is 3.66. The zero-order valence-electron chi connectivity index (χ0n) is 13.8. The number of amides is 1. The van der Waals surface area contributed by atoms with Crippen LogP contribution >= 0.6 is 0 Å². The molecule has 0 bridgehead atoms. The average Bonchev–Trinajstić information content (AvgIpc) is 2.95. The highest BCUT2D eigenvalue weighted by Crippen LogP contribution is 2.26. The van der Waals surface area contributed by atoms with Gasteiger partial charge >= 0.3 is 5.69 Å². The number of likely N-dealkylation sites (N-methyl/N-ethyl adjacent to an activating group) is 1. The predicted molar refractivity (Wildman–Crippen MR) is 85.0 cm³/mol. The number of nitrogens with zero attached hydrogens (tertiary/aromatic N) is 4. The van der Waals surface area contributed by atoms with Gasteiger partial charge in [0.05, 0.1) is 6.10 Å². The number of fused-ring (bicyclic) bond motifs is 1. The van der Waals surface area contributed by atoms with E-state index in [1.807, 2.05) is 0 Å². The van der Waals surface area contributed by atoms with Gasteiger partial charge in [-0.25, -0.2) is 9.48 Å². The van der Waals surface area contributed by atoms with E-state index in [0.29, 0.717) is 13.1 Å². The van der Waals surface area contributed by atoms with Crippen molar-refractivity contribution in [3.05, 3.63) is 16.3 Å². The maximum atomic E-state index is 12.4. The van der Waals surface area contributed by atoms with E-state index >= 15 is 0 Å². The molecule has 1 aliphatic carbocycles. The van der Waals surface area contributed by atoms with Gasteiger partial charge in [0, 0.05) is 32.5 Å². The highest BCUT2D eigenvalue weighted by atomic mass is 16.3. The molecule has 23 heavy (non-hydrogen) atoms. The molecule has 7 heteroatoms. The molecule has 3 rings (SSSR count). The Balaban J connectivity index is 1.64. The topological polar surface area (TPSA) is 80.4 Å². The van der Waals surface area contributed by atoms with Crippen LogP contribution in [0.4, 0.5) is 0 Å². The highest BCUT2D eigenvalue weighted by molar-refractivity contribution is 5.75. The lowest BCUT2D eigenvalue weighted by Crippen LogP contribution is -2.38. The summed E-state index contributed by atoms with van der Waals surface area (Å²) < 4.78 is 3.01. The molecule has 0 radical (unpaired) electrons. The van der Waals surface area contributed by atoms with Crippen molar-refractivity contribution < 1.29 is 9.90 Å². The maximum absolute atomic E-state index is 12.4. The first-order chi connectivity index (χ1) is 11.1. The van der Waals surface area contributed by atoms with Crippen LogP contribution in [0.25, 0.3) is 0 Å². The van der Waals surface area contributed by atoms with E-state index in [1.54, 1.807) is 16.5 Å². The number of carbonyl (C=O) groups excluding carboxylic acids is 1. The smallest absolute Gasteiger partial charge is 0.346 e. The molecule has 128 valence electrons. The third-order valence-corrected chi connectivity index (χ3v) is 5.12. The molecule has 2 unspecified atom stereocenters. The molecule has 2 aliphatic rings. The molecule has 2 atom stereocenters. The molecular formula is C16H26N4O3. The first-order valence-corrected chi connectivity index (χ1v) is 8.65. The van der Waals surface area contributed by atoms with Crippen molar-refractivity contribution in [3.8, 4) is 0 Å². The van der Waals surface area contributed by atoms with Crippen LogP contribution in [0.2, 0.25) is 0 Å². The Morgan fingerprint density at radius 2 is 2.13 bits per heavy atom. The van der Waals surface area contributed by atoms with Gasteiger partial charge in [0.15, 0.2) is 0 Å². The first kappa shape index (κ1) is 16.2. The second kappa shape index (κ2) is 6.86. The summed E-state index contributed by atoms with van der Waals surface area (Å²) in [6.45, 7) is 1.23. The van der Waals surface area contributed by atoms with E-state index < -0.39 is 0 Å². The van der Waals surface area contributed by atoms with Crippen LogP contribution in [-0.2, 0) is 24.3 Å². The third kappa shape index (κ3) is 3.49. The van der Waals surface area contributed by atoms with Crippen molar-refractivity contribution >= 4 is 5.91 Å². The van der Waals surface area contributed by atoms with Gasteiger partial charge in [0.25, 0.3) is 0 Å². The summed E-state index contributed by atoms with van der Waals surface area (Å²) in [6.07, 6.45) is 6.44. The van der Waals surface area contributed by atoms with Gasteiger partial charge in [-0.2, -0.15) is 5.10 Å². The number of carbonyl (C=O) groups is 1. The quantitative estimate of drug-likeness (QED) is 0.869. The molecule has 0 saturated heterocycles. The van der Waals surface area contributed by atoms with Crippen LogP contribution in [0.3, 0.4) is 0 Å². The monoisotopic (exact) mass is 322 g/mol. The van der Waals surface area contributed by atoms with Gasteiger partial charge in [0.2, 0.25) is 5.91 Å². The lowest BCUT2D eigenvalue weighted by atomic mass is 10.1. The Morgan fingerprint density at radius 3 is 2.87 bits per heavy atom. The Hall–Kier alpha value is -1.63. The van der Waals surface area contributed by atoms with Gasteiger partial charge in [-0.1, -0.05) is 12.8 Å². The minimum absolute atomic E-state index is 0.0157. The number of hydrogen-bond donors (Lipinski definition) is 1. The SMILES string of the molecule is CN(CC1CCCC1O)C(=O)Cn1nc2n(c1=O)CCCCC2. The van der Waals surface area contributed by atoms with E-state index in [9.17, 15) is 14.7 Å². The Kier molecular flexibility index (Phi) is 4.84. The molecule has 1 aromatic rings. The average molecular weight is 322 g/mol. The van der Waals surface area contributed by atoms with E-state index in [-0.39, 0.29) is 30.2 Å². The van der Waals surface area contributed by atoms with Gasteiger partial charge in [0.1, 0.15) is 12.4 Å². The fraction of sp³-hybridized carbons (Fsp3) is 0.812. The highest BCUT2D eigenvalue weighted by Gasteiger charge is 2.28. The maximum Gasteiger partial charge on any atom is 0.346 e. The van der Waals surface area contributed by atoms with Gasteiger partial charge in [-0.15, -0.1) is 0 Å². The van der Waals surface area contributed by atoms with Crippen LogP contribution in [0, 0.1) is 5.92 Å². The Labute approximate surface area is 135 Å². The van der Waals surface area contributed by atoms with Crippen molar-refractivity contribution in [1.29, 1.82) is 0 Å². The number of rotatable bonds is 4. The van der Waals surface area contributed by atoms with Gasteiger partial charge in [-0.3, -0.25) is 9.36 Å². The van der Waals surface area contributed by atoms with E-state index in [0.717, 1.165) is 50.8 Å². The Morgan fingerprint density at radius 1 is 1.30 bits per heavy atom. The molecule has 2 heterocycles. The molecule has 1 fully saturated rings. The summed E-state index contributed by atoms with van der Waals surface area (Å²) in [5.41, 5.74) is -0.176. The van der Waals surface area contributed by atoms with E-state index in [2.05, 4.69) is 5.10 Å². The fourth-order valence-corrected chi connectivity index (χ4v) is 3.66. The van der Waals surface area contributed by atoms with Crippen LogP contribution in [0.5, 0.6) is 0 Å². The molecule has 1 saturated carbocycles. The Bertz CT molecular complexity index is 621. The summed E-state index contributed by atoms with van der Waals surface area (Å²) in [6, 6.07) is 0. The van der Waals surface area contributed by atoms with Gasteiger partial charge in [-0.05, 0) is 25.7 Å². The largest absolute Gasteiger partial charge is 0.393 e. The zero-order valence-corrected chi connectivity index (χ0v) is 13.8. The van der Waals surface area contributed by atoms with Gasteiger partial charge < -0.3 is 10.0 Å². The summed E-state index contributed by atoms with van der Waals surface area (Å²) in [5, 5.41) is 14.2. The zero-order chi connectivity index (χ0) is 16.4. The lowest BCUT2D eigenvalue weighted by Gasteiger charge is -2.23. The minimum atomic E-state index is -0.309. The van der Waals surface area contributed by atoms with Crippen molar-refractivity contribution in [2.45, 2.75) is 64.1 Å². The first-order valence-electron chi connectivity index (χ1n) is 8.65. The number of aliphatic hydroxyl groups is 1. The summed E-state index contributed by atoms with van der Waals surface area (Å²) in [7, 11) is 1.74. The molecular weight excluding hydrogens is 296 g/mol. The molecule has 0 aromatic carbocycles. The van der Waals surface area contributed by atoms with Crippen molar-refractivity contribution in [1.82, 2.24) is 19.2 Å². The summed E-state index contributed by atoms with van der Waals surface area (Å²) in [4.78, 5) is 26.4. The summed E-state index contributed by atoms with van der Waals surface area (Å²) >= 11 is 0. The standard InChI is InChI=1S/C16H26N4O3/c1-18(10-12-6-5-7-13(12)21)15(22)11-20-16(23)19-9-4-2-3-8-14(19)17-20/h12-13,21H,2-11H2,1H3. The molecule has 1 aromatic heterocycles. The number of aliphatic hydroxyl groups excluding tert-OH is 1. The van der Waals surface area contributed by atoms with Crippen molar-refractivity contribution in [2.24, 2.45) is 5.92 Å². The normalized spacial score (nSPS) is 24.3. The van der Waals surface area contributed by atoms with Crippen molar-refractivity contribution in [2.75, 3.05) is 13.6 Å².